The van der Waals surface area contributed by atoms with Crippen molar-refractivity contribution >= 4 is 16.7 Å². The molecule has 0 unspecified atom stereocenters. The quantitative estimate of drug-likeness (QED) is 0.835. The monoisotopic (exact) mass is 334 g/mol. The molecule has 0 bridgehead atoms. The molecular formula is C16H22N4O2S. The first-order valence-electron chi connectivity index (χ1n) is 7.67. The molecule has 1 aromatic carbocycles. The molecule has 1 aliphatic heterocycles. The summed E-state index contributed by atoms with van der Waals surface area (Å²) in [4.78, 5) is 9.23. The topological polar surface area (TPSA) is 50.7 Å². The van der Waals surface area contributed by atoms with Gasteiger partial charge in [-0.05, 0) is 24.6 Å². The van der Waals surface area contributed by atoms with Gasteiger partial charge in [0.25, 0.3) is 0 Å². The average molecular weight is 334 g/mol. The lowest BCUT2D eigenvalue weighted by Gasteiger charge is -2.34. The fraction of sp³-hybridized carbons (Fsp3) is 0.500. The van der Waals surface area contributed by atoms with E-state index in [-0.39, 0.29) is 0 Å². The van der Waals surface area contributed by atoms with Crippen molar-refractivity contribution < 1.29 is 9.47 Å². The van der Waals surface area contributed by atoms with Gasteiger partial charge in [-0.15, -0.1) is 0 Å². The van der Waals surface area contributed by atoms with E-state index in [1.807, 2.05) is 13.0 Å². The highest BCUT2D eigenvalue weighted by molar-refractivity contribution is 7.09. The molecule has 0 spiro atoms. The van der Waals surface area contributed by atoms with Crippen LogP contribution < -0.4 is 14.4 Å². The summed E-state index contributed by atoms with van der Waals surface area (Å²) in [6.07, 6.45) is 0. The lowest BCUT2D eigenvalue weighted by molar-refractivity contribution is 0.249. The average Bonchev–Trinajstić information content (AvgIpc) is 3.01. The van der Waals surface area contributed by atoms with Gasteiger partial charge in [-0.3, -0.25) is 4.90 Å². The summed E-state index contributed by atoms with van der Waals surface area (Å²) in [5.74, 6) is 2.53. The van der Waals surface area contributed by atoms with E-state index in [0.29, 0.717) is 0 Å². The van der Waals surface area contributed by atoms with E-state index in [9.17, 15) is 0 Å². The summed E-state index contributed by atoms with van der Waals surface area (Å²) < 4.78 is 15.0. The van der Waals surface area contributed by atoms with Crippen LogP contribution in [-0.4, -0.2) is 54.7 Å². The summed E-state index contributed by atoms with van der Waals surface area (Å²) in [7, 11) is 3.36. The number of benzene rings is 1. The zero-order valence-corrected chi connectivity index (χ0v) is 14.6. The molecule has 124 valence electrons. The number of aromatic nitrogens is 2. The predicted molar refractivity (Wildman–Crippen MR) is 91.7 cm³/mol. The summed E-state index contributed by atoms with van der Waals surface area (Å²) in [5, 5.41) is 1.03. The lowest BCUT2D eigenvalue weighted by Crippen LogP contribution is -2.45. The van der Waals surface area contributed by atoms with Crippen molar-refractivity contribution in [2.24, 2.45) is 0 Å². The summed E-state index contributed by atoms with van der Waals surface area (Å²) >= 11 is 1.48. The molecule has 0 amide bonds. The Morgan fingerprint density at radius 3 is 2.22 bits per heavy atom. The molecule has 3 rings (SSSR count). The number of rotatable bonds is 5. The molecule has 1 saturated heterocycles. The van der Waals surface area contributed by atoms with E-state index in [1.54, 1.807) is 14.2 Å². The predicted octanol–water partition coefficient (Wildman–Crippen LogP) is 2.19. The SMILES string of the molecule is COc1cc(CN2CCN(c3nc(C)ns3)CC2)cc(OC)c1. The van der Waals surface area contributed by atoms with Crippen LogP contribution in [0.25, 0.3) is 0 Å². The molecular weight excluding hydrogens is 312 g/mol. The van der Waals surface area contributed by atoms with Crippen LogP contribution in [0.15, 0.2) is 18.2 Å². The Balaban J connectivity index is 1.60. The van der Waals surface area contributed by atoms with E-state index in [1.165, 1.54) is 17.1 Å². The Hall–Kier alpha value is -1.86. The fourth-order valence-corrected chi connectivity index (χ4v) is 3.45. The highest BCUT2D eigenvalue weighted by atomic mass is 32.1. The number of hydrogen-bond acceptors (Lipinski definition) is 7. The Morgan fingerprint density at radius 1 is 1.04 bits per heavy atom. The first-order chi connectivity index (χ1) is 11.2. The van der Waals surface area contributed by atoms with Crippen LogP contribution >= 0.6 is 11.5 Å². The van der Waals surface area contributed by atoms with Crippen LogP contribution in [0.4, 0.5) is 5.13 Å². The van der Waals surface area contributed by atoms with Gasteiger partial charge in [-0.1, -0.05) is 0 Å². The van der Waals surface area contributed by atoms with Crippen molar-refractivity contribution in [3.05, 3.63) is 29.6 Å². The molecule has 0 N–H and O–H groups in total. The smallest absolute Gasteiger partial charge is 0.205 e. The minimum absolute atomic E-state index is 0.835. The van der Waals surface area contributed by atoms with Gasteiger partial charge in [-0.2, -0.15) is 4.37 Å². The molecule has 2 heterocycles. The number of ether oxygens (including phenoxy) is 2. The van der Waals surface area contributed by atoms with Crippen molar-refractivity contribution in [3.63, 3.8) is 0 Å². The molecule has 1 aromatic heterocycles. The minimum Gasteiger partial charge on any atom is -0.497 e. The first kappa shape index (κ1) is 16.0. The normalized spacial score (nSPS) is 15.7. The van der Waals surface area contributed by atoms with E-state index in [2.05, 4.69) is 31.3 Å². The minimum atomic E-state index is 0.835. The van der Waals surface area contributed by atoms with Crippen LogP contribution in [0.5, 0.6) is 11.5 Å². The van der Waals surface area contributed by atoms with Gasteiger partial charge in [0.1, 0.15) is 17.3 Å². The van der Waals surface area contributed by atoms with Crippen molar-refractivity contribution in [1.82, 2.24) is 14.3 Å². The molecule has 0 atom stereocenters. The maximum atomic E-state index is 5.34. The lowest BCUT2D eigenvalue weighted by atomic mass is 10.1. The number of nitrogens with zero attached hydrogens (tertiary/aromatic N) is 4. The standard InChI is InChI=1S/C16H22N4O2S/c1-12-17-16(23-18-12)20-6-4-19(5-7-20)11-13-8-14(21-2)10-15(9-13)22-3/h8-10H,4-7,11H2,1-3H3. The second-order valence-corrected chi connectivity index (χ2v) is 6.34. The third-order valence-corrected chi connectivity index (χ3v) is 4.85. The molecule has 0 aliphatic carbocycles. The molecule has 0 radical (unpaired) electrons. The Kier molecular flexibility index (Phi) is 4.97. The van der Waals surface area contributed by atoms with E-state index < -0.39 is 0 Å². The van der Waals surface area contributed by atoms with E-state index in [0.717, 1.165) is 55.2 Å². The number of hydrogen-bond donors (Lipinski definition) is 0. The van der Waals surface area contributed by atoms with Crippen molar-refractivity contribution in [1.29, 1.82) is 0 Å². The number of piperazine rings is 1. The molecule has 1 fully saturated rings. The Bertz CT molecular complexity index is 631. The second kappa shape index (κ2) is 7.14. The van der Waals surface area contributed by atoms with Gasteiger partial charge in [0, 0.05) is 50.3 Å². The summed E-state index contributed by atoms with van der Waals surface area (Å²) in [6, 6.07) is 6.05. The molecule has 23 heavy (non-hydrogen) atoms. The first-order valence-corrected chi connectivity index (χ1v) is 8.45. The van der Waals surface area contributed by atoms with Gasteiger partial charge in [0.2, 0.25) is 5.13 Å². The van der Waals surface area contributed by atoms with Gasteiger partial charge < -0.3 is 14.4 Å². The van der Waals surface area contributed by atoms with Crippen molar-refractivity contribution in [2.45, 2.75) is 13.5 Å². The number of methoxy groups -OCH3 is 2. The molecule has 6 nitrogen and oxygen atoms in total. The maximum absolute atomic E-state index is 5.34. The van der Waals surface area contributed by atoms with Crippen molar-refractivity contribution in [3.8, 4) is 11.5 Å². The third-order valence-electron chi connectivity index (χ3n) is 3.98. The Morgan fingerprint density at radius 2 is 1.70 bits per heavy atom. The molecule has 2 aromatic rings. The van der Waals surface area contributed by atoms with E-state index in [4.69, 9.17) is 9.47 Å². The maximum Gasteiger partial charge on any atom is 0.205 e. The fourth-order valence-electron chi connectivity index (χ4n) is 2.73. The second-order valence-electron chi connectivity index (χ2n) is 5.61. The summed E-state index contributed by atoms with van der Waals surface area (Å²) in [5.41, 5.74) is 1.21. The van der Waals surface area contributed by atoms with Gasteiger partial charge >= 0.3 is 0 Å². The molecule has 7 heteroatoms. The van der Waals surface area contributed by atoms with Gasteiger partial charge in [-0.25, -0.2) is 4.98 Å². The van der Waals surface area contributed by atoms with Crippen LogP contribution in [0.3, 0.4) is 0 Å². The summed E-state index contributed by atoms with van der Waals surface area (Å²) in [6.45, 7) is 6.82. The van der Waals surface area contributed by atoms with Crippen LogP contribution in [0, 0.1) is 6.92 Å². The number of anilines is 1. The third kappa shape index (κ3) is 3.92. The zero-order valence-electron chi connectivity index (χ0n) is 13.8. The van der Waals surface area contributed by atoms with Crippen LogP contribution in [0.2, 0.25) is 0 Å². The Labute approximate surface area is 140 Å². The zero-order chi connectivity index (χ0) is 16.2. The van der Waals surface area contributed by atoms with Crippen molar-refractivity contribution in [2.75, 3.05) is 45.3 Å². The van der Waals surface area contributed by atoms with Gasteiger partial charge in [0.05, 0.1) is 14.2 Å². The van der Waals surface area contributed by atoms with Gasteiger partial charge in [0.15, 0.2) is 0 Å². The van der Waals surface area contributed by atoms with Crippen LogP contribution in [0.1, 0.15) is 11.4 Å². The molecule has 1 aliphatic rings. The molecule has 0 saturated carbocycles. The highest BCUT2D eigenvalue weighted by Gasteiger charge is 2.20. The van der Waals surface area contributed by atoms with Crippen LogP contribution in [-0.2, 0) is 6.54 Å². The largest absolute Gasteiger partial charge is 0.497 e. The number of aryl methyl sites for hydroxylation is 1. The van der Waals surface area contributed by atoms with E-state index >= 15 is 0 Å². The highest BCUT2D eigenvalue weighted by Crippen LogP contribution is 2.24.